The number of carbonyl (C=O) groups is 1. The molecule has 2 aliphatic rings. The van der Waals surface area contributed by atoms with Crippen LogP contribution in [0, 0.1) is 17.6 Å². The van der Waals surface area contributed by atoms with Crippen molar-refractivity contribution in [1.29, 1.82) is 0 Å². The molecule has 0 spiro atoms. The molecule has 1 saturated carbocycles. The maximum absolute atomic E-state index is 13.7. The fraction of sp³-hybridized carbons (Fsp3) is 0.533. The van der Waals surface area contributed by atoms with Crippen molar-refractivity contribution in [3.05, 3.63) is 35.4 Å². The molecule has 3 nitrogen and oxygen atoms in total. The molecule has 0 bridgehead atoms. The molecule has 1 aromatic carbocycles. The SMILES string of the molecule is NC[C@@H]1CCCN1C(=O)[C@H]1C[C@H]1c1cccc(F)c1F. The van der Waals surface area contributed by atoms with Crippen molar-refractivity contribution in [2.45, 2.75) is 31.2 Å². The molecule has 2 fully saturated rings. The van der Waals surface area contributed by atoms with E-state index in [2.05, 4.69) is 0 Å². The van der Waals surface area contributed by atoms with Gasteiger partial charge in [0.2, 0.25) is 5.91 Å². The summed E-state index contributed by atoms with van der Waals surface area (Å²) in [6, 6.07) is 4.27. The van der Waals surface area contributed by atoms with E-state index in [0.717, 1.165) is 25.5 Å². The minimum atomic E-state index is -0.846. The maximum Gasteiger partial charge on any atom is 0.226 e. The normalized spacial score (nSPS) is 28.8. The molecule has 1 aliphatic carbocycles. The van der Waals surface area contributed by atoms with Crippen LogP contribution in [0.3, 0.4) is 0 Å². The number of nitrogens with two attached hydrogens (primary N) is 1. The van der Waals surface area contributed by atoms with Gasteiger partial charge in [0.1, 0.15) is 0 Å². The fourth-order valence-corrected chi connectivity index (χ4v) is 3.20. The highest BCUT2D eigenvalue weighted by Gasteiger charge is 2.48. The van der Waals surface area contributed by atoms with Gasteiger partial charge >= 0.3 is 0 Å². The van der Waals surface area contributed by atoms with Crippen LogP contribution in [0.1, 0.15) is 30.7 Å². The van der Waals surface area contributed by atoms with E-state index >= 15 is 0 Å². The van der Waals surface area contributed by atoms with Crippen LogP contribution < -0.4 is 5.73 Å². The van der Waals surface area contributed by atoms with Crippen molar-refractivity contribution in [2.24, 2.45) is 11.7 Å². The lowest BCUT2D eigenvalue weighted by Crippen LogP contribution is -2.40. The molecule has 0 aromatic heterocycles. The third kappa shape index (κ3) is 2.20. The molecule has 2 N–H and O–H groups in total. The lowest BCUT2D eigenvalue weighted by Gasteiger charge is -2.23. The van der Waals surface area contributed by atoms with Gasteiger partial charge in [-0.25, -0.2) is 8.78 Å². The van der Waals surface area contributed by atoms with Gasteiger partial charge in [-0.3, -0.25) is 4.79 Å². The number of rotatable bonds is 3. The molecule has 5 heteroatoms. The summed E-state index contributed by atoms with van der Waals surface area (Å²) in [6.07, 6.45) is 2.51. The molecule has 3 atom stereocenters. The number of hydrogen-bond donors (Lipinski definition) is 1. The van der Waals surface area contributed by atoms with Crippen LogP contribution in [0.4, 0.5) is 8.78 Å². The average molecular weight is 280 g/mol. The third-order valence-electron chi connectivity index (χ3n) is 4.42. The van der Waals surface area contributed by atoms with Gasteiger partial charge in [0.15, 0.2) is 11.6 Å². The van der Waals surface area contributed by atoms with E-state index in [1.54, 1.807) is 6.07 Å². The lowest BCUT2D eigenvalue weighted by molar-refractivity contribution is -0.133. The Morgan fingerprint density at radius 3 is 2.95 bits per heavy atom. The standard InChI is InChI=1S/C15H18F2N2O/c16-13-5-1-4-10(14(13)17)11-7-12(11)15(20)19-6-2-3-9(19)8-18/h1,4-5,9,11-12H,2-3,6-8,18H2/t9-,11-,12-/m0/s1. The van der Waals surface area contributed by atoms with Gasteiger partial charge in [-0.15, -0.1) is 0 Å². The number of nitrogens with zero attached hydrogens (tertiary/aromatic N) is 1. The minimum absolute atomic E-state index is 0.0478. The van der Waals surface area contributed by atoms with E-state index in [1.807, 2.05) is 4.90 Å². The Balaban J connectivity index is 1.72. The average Bonchev–Trinajstić information content (AvgIpc) is 3.09. The molecule has 0 radical (unpaired) electrons. The van der Waals surface area contributed by atoms with Crippen LogP contribution in [-0.4, -0.2) is 29.9 Å². The van der Waals surface area contributed by atoms with Crippen molar-refractivity contribution in [3.8, 4) is 0 Å². The number of benzene rings is 1. The highest BCUT2D eigenvalue weighted by molar-refractivity contribution is 5.83. The Kier molecular flexibility index (Phi) is 3.46. The number of carbonyl (C=O) groups excluding carboxylic acids is 1. The maximum atomic E-state index is 13.7. The van der Waals surface area contributed by atoms with Crippen molar-refractivity contribution in [1.82, 2.24) is 4.90 Å². The summed E-state index contributed by atoms with van der Waals surface area (Å²) in [5.74, 6) is -2.01. The monoisotopic (exact) mass is 280 g/mol. The summed E-state index contributed by atoms with van der Waals surface area (Å²) in [4.78, 5) is 14.2. The molecule has 1 amide bonds. The first kappa shape index (κ1) is 13.5. The highest BCUT2D eigenvalue weighted by atomic mass is 19.2. The quantitative estimate of drug-likeness (QED) is 0.920. The molecule has 0 unspecified atom stereocenters. The van der Waals surface area contributed by atoms with E-state index < -0.39 is 11.6 Å². The number of likely N-dealkylation sites (tertiary alicyclic amines) is 1. The topological polar surface area (TPSA) is 46.3 Å². The second-order valence-electron chi connectivity index (χ2n) is 5.66. The predicted octanol–water partition coefficient (Wildman–Crippen LogP) is 2.02. The Labute approximate surface area is 116 Å². The van der Waals surface area contributed by atoms with Gasteiger partial charge in [-0.2, -0.15) is 0 Å². The Hall–Kier alpha value is -1.49. The van der Waals surface area contributed by atoms with Gasteiger partial charge in [0.25, 0.3) is 0 Å². The molecule has 1 aliphatic heterocycles. The van der Waals surface area contributed by atoms with Gasteiger partial charge in [-0.1, -0.05) is 12.1 Å². The first-order chi connectivity index (χ1) is 9.63. The first-order valence-electron chi connectivity index (χ1n) is 7.08. The lowest BCUT2D eigenvalue weighted by atomic mass is 10.1. The third-order valence-corrected chi connectivity index (χ3v) is 4.42. The summed E-state index contributed by atoms with van der Waals surface area (Å²) in [5, 5.41) is 0. The number of halogens is 2. The molecule has 1 saturated heterocycles. The van der Waals surface area contributed by atoms with Crippen LogP contribution in [0.5, 0.6) is 0 Å². The second-order valence-corrected chi connectivity index (χ2v) is 5.66. The van der Waals surface area contributed by atoms with Crippen LogP contribution in [0.2, 0.25) is 0 Å². The Bertz CT molecular complexity index is 535. The summed E-state index contributed by atoms with van der Waals surface area (Å²) in [5.41, 5.74) is 5.99. The highest BCUT2D eigenvalue weighted by Crippen LogP contribution is 2.50. The minimum Gasteiger partial charge on any atom is -0.338 e. The summed E-state index contributed by atoms with van der Waals surface area (Å²) in [6.45, 7) is 1.20. The van der Waals surface area contributed by atoms with E-state index in [9.17, 15) is 13.6 Å². The molecular weight excluding hydrogens is 262 g/mol. The van der Waals surface area contributed by atoms with E-state index in [1.165, 1.54) is 6.07 Å². The molecule has 108 valence electrons. The van der Waals surface area contributed by atoms with Crippen molar-refractivity contribution in [2.75, 3.05) is 13.1 Å². The van der Waals surface area contributed by atoms with Crippen LogP contribution in [-0.2, 0) is 4.79 Å². The van der Waals surface area contributed by atoms with E-state index in [4.69, 9.17) is 5.73 Å². The summed E-state index contributed by atoms with van der Waals surface area (Å²) >= 11 is 0. The van der Waals surface area contributed by atoms with Crippen molar-refractivity contribution < 1.29 is 13.6 Å². The summed E-state index contributed by atoms with van der Waals surface area (Å²) in [7, 11) is 0. The van der Waals surface area contributed by atoms with Gasteiger partial charge in [-0.05, 0) is 36.8 Å². The number of amides is 1. The molecular formula is C15H18F2N2O. The van der Waals surface area contributed by atoms with Gasteiger partial charge in [0.05, 0.1) is 0 Å². The van der Waals surface area contributed by atoms with E-state index in [-0.39, 0.29) is 23.8 Å². The first-order valence-corrected chi connectivity index (χ1v) is 7.08. The van der Waals surface area contributed by atoms with Crippen LogP contribution >= 0.6 is 0 Å². The zero-order valence-electron chi connectivity index (χ0n) is 11.2. The van der Waals surface area contributed by atoms with Crippen molar-refractivity contribution >= 4 is 5.91 Å². The number of hydrogen-bond acceptors (Lipinski definition) is 2. The zero-order valence-corrected chi connectivity index (χ0v) is 11.2. The zero-order chi connectivity index (χ0) is 14.3. The largest absolute Gasteiger partial charge is 0.338 e. The van der Waals surface area contributed by atoms with Crippen LogP contribution in [0.25, 0.3) is 0 Å². The fourth-order valence-electron chi connectivity index (χ4n) is 3.20. The smallest absolute Gasteiger partial charge is 0.226 e. The van der Waals surface area contributed by atoms with E-state index in [0.29, 0.717) is 18.5 Å². The van der Waals surface area contributed by atoms with Gasteiger partial charge in [0, 0.05) is 25.0 Å². The molecule has 20 heavy (non-hydrogen) atoms. The molecule has 3 rings (SSSR count). The van der Waals surface area contributed by atoms with Gasteiger partial charge < -0.3 is 10.6 Å². The second kappa shape index (κ2) is 5.13. The van der Waals surface area contributed by atoms with Crippen LogP contribution in [0.15, 0.2) is 18.2 Å². The molecule has 1 heterocycles. The summed E-state index contributed by atoms with van der Waals surface area (Å²) < 4.78 is 27.0. The predicted molar refractivity (Wildman–Crippen MR) is 71.0 cm³/mol. The van der Waals surface area contributed by atoms with Crippen molar-refractivity contribution in [3.63, 3.8) is 0 Å². The Morgan fingerprint density at radius 1 is 1.40 bits per heavy atom. The molecule has 1 aromatic rings. The Morgan fingerprint density at radius 2 is 2.20 bits per heavy atom.